The van der Waals surface area contributed by atoms with Gasteiger partial charge in [-0.1, -0.05) is 0 Å². The van der Waals surface area contributed by atoms with Gasteiger partial charge in [0.15, 0.2) is 12.4 Å². The van der Waals surface area contributed by atoms with Crippen LogP contribution in [0.15, 0.2) is 34.1 Å². The highest BCUT2D eigenvalue weighted by Crippen LogP contribution is 2.28. The van der Waals surface area contributed by atoms with E-state index < -0.39 is 16.4 Å². The van der Waals surface area contributed by atoms with Crippen LogP contribution in [0.4, 0.5) is 10.1 Å². The number of rotatable bonds is 5. The molecule has 0 aliphatic heterocycles. The van der Waals surface area contributed by atoms with Gasteiger partial charge in [-0.15, -0.1) is 11.3 Å². The fraction of sp³-hybridized carbons (Fsp3) is 0.0833. The van der Waals surface area contributed by atoms with Crippen LogP contribution in [-0.2, 0) is 0 Å². The zero-order chi connectivity index (χ0) is 14.7. The number of thiophene rings is 1. The van der Waals surface area contributed by atoms with E-state index in [4.69, 9.17) is 4.74 Å². The summed E-state index contributed by atoms with van der Waals surface area (Å²) in [7, 11) is 0. The quantitative estimate of drug-likeness (QED) is 0.462. The number of Topliss-reactive ketones (excluding diaryl/α,β-unsaturated/α-hetero) is 1. The minimum absolute atomic E-state index is 0.139. The Labute approximate surface area is 125 Å². The average molecular weight is 360 g/mol. The van der Waals surface area contributed by atoms with Crippen LogP contribution in [0.2, 0.25) is 0 Å². The molecule has 0 fully saturated rings. The molecule has 20 heavy (non-hydrogen) atoms. The van der Waals surface area contributed by atoms with Crippen LogP contribution >= 0.6 is 27.3 Å². The largest absolute Gasteiger partial charge is 0.478 e. The van der Waals surface area contributed by atoms with Gasteiger partial charge in [0.2, 0.25) is 5.78 Å². The maximum absolute atomic E-state index is 12.9. The van der Waals surface area contributed by atoms with Gasteiger partial charge in [-0.2, -0.15) is 0 Å². The number of carbonyl (C=O) groups excluding carboxylic acids is 1. The highest BCUT2D eigenvalue weighted by molar-refractivity contribution is 9.11. The zero-order valence-electron chi connectivity index (χ0n) is 9.84. The van der Waals surface area contributed by atoms with Crippen LogP contribution in [0.25, 0.3) is 0 Å². The first kappa shape index (κ1) is 14.6. The molecule has 104 valence electrons. The number of hydrogen-bond donors (Lipinski definition) is 0. The second kappa shape index (κ2) is 6.10. The van der Waals surface area contributed by atoms with Crippen molar-refractivity contribution in [2.45, 2.75) is 0 Å². The molecule has 8 heteroatoms. The van der Waals surface area contributed by atoms with Crippen molar-refractivity contribution in [3.63, 3.8) is 0 Å². The van der Waals surface area contributed by atoms with E-state index in [2.05, 4.69) is 15.9 Å². The highest BCUT2D eigenvalue weighted by Gasteiger charge is 2.18. The first-order valence-electron chi connectivity index (χ1n) is 5.32. The fourth-order valence-corrected chi connectivity index (χ4v) is 2.74. The summed E-state index contributed by atoms with van der Waals surface area (Å²) in [5.41, 5.74) is -0.509. The lowest BCUT2D eigenvalue weighted by atomic mass is 10.3. The number of ether oxygens (including phenoxy) is 1. The van der Waals surface area contributed by atoms with Gasteiger partial charge in [0, 0.05) is 0 Å². The van der Waals surface area contributed by atoms with E-state index >= 15 is 0 Å². The normalized spacial score (nSPS) is 10.3. The van der Waals surface area contributed by atoms with Crippen LogP contribution < -0.4 is 4.74 Å². The summed E-state index contributed by atoms with van der Waals surface area (Å²) in [6.07, 6.45) is 0. The lowest BCUT2D eigenvalue weighted by Gasteiger charge is -2.05. The Morgan fingerprint density at radius 2 is 2.15 bits per heavy atom. The summed E-state index contributed by atoms with van der Waals surface area (Å²) in [5, 5.41) is 10.8. The summed E-state index contributed by atoms with van der Waals surface area (Å²) in [6.45, 7) is -0.348. The fourth-order valence-electron chi connectivity index (χ4n) is 1.43. The van der Waals surface area contributed by atoms with Crippen molar-refractivity contribution < 1.29 is 18.8 Å². The Hall–Kier alpha value is -1.80. The van der Waals surface area contributed by atoms with E-state index in [9.17, 15) is 19.3 Å². The molecule has 2 aromatic rings. The van der Waals surface area contributed by atoms with E-state index in [0.29, 0.717) is 4.88 Å². The number of carbonyl (C=O) groups is 1. The molecule has 0 saturated carbocycles. The van der Waals surface area contributed by atoms with Crippen LogP contribution in [0, 0.1) is 15.9 Å². The maximum atomic E-state index is 12.9. The summed E-state index contributed by atoms with van der Waals surface area (Å²) < 4.78 is 18.9. The second-order valence-corrected chi connectivity index (χ2v) is 6.15. The zero-order valence-corrected chi connectivity index (χ0v) is 12.2. The molecule has 0 bridgehead atoms. The van der Waals surface area contributed by atoms with Crippen molar-refractivity contribution in [2.24, 2.45) is 0 Å². The lowest BCUT2D eigenvalue weighted by molar-refractivity contribution is -0.386. The number of nitro groups is 1. The molecular weight excluding hydrogens is 353 g/mol. The molecular formula is C12H7BrFNO4S. The number of nitro benzene ring substituents is 1. The van der Waals surface area contributed by atoms with Gasteiger partial charge >= 0.3 is 5.69 Å². The van der Waals surface area contributed by atoms with Crippen molar-refractivity contribution in [3.8, 4) is 5.75 Å². The van der Waals surface area contributed by atoms with Crippen molar-refractivity contribution in [1.82, 2.24) is 0 Å². The Kier molecular flexibility index (Phi) is 4.46. The van der Waals surface area contributed by atoms with Crippen LogP contribution in [0.1, 0.15) is 9.67 Å². The molecule has 0 spiro atoms. The Morgan fingerprint density at radius 1 is 1.40 bits per heavy atom. The number of benzene rings is 1. The predicted octanol–water partition coefficient (Wildman–Crippen LogP) is 3.82. The molecule has 2 rings (SSSR count). The topological polar surface area (TPSA) is 69.4 Å². The van der Waals surface area contributed by atoms with E-state index in [0.717, 1.165) is 22.0 Å². The Morgan fingerprint density at radius 3 is 2.75 bits per heavy atom. The molecule has 0 atom stereocenters. The van der Waals surface area contributed by atoms with Crippen molar-refractivity contribution in [2.75, 3.05) is 6.61 Å². The number of ketones is 1. The van der Waals surface area contributed by atoms with E-state index in [1.807, 2.05) is 0 Å². The first-order valence-corrected chi connectivity index (χ1v) is 6.93. The van der Waals surface area contributed by atoms with Gasteiger partial charge in [-0.3, -0.25) is 14.9 Å². The summed E-state index contributed by atoms with van der Waals surface area (Å²) in [5.74, 6) is -1.18. The SMILES string of the molecule is O=C(COc1ccc(F)cc1[N+](=O)[O-])c1ccc(Br)s1. The van der Waals surface area contributed by atoms with Crippen LogP contribution in [-0.4, -0.2) is 17.3 Å². The Balaban J connectivity index is 2.11. The van der Waals surface area contributed by atoms with Crippen LogP contribution in [0.5, 0.6) is 5.75 Å². The predicted molar refractivity (Wildman–Crippen MR) is 74.9 cm³/mol. The number of hydrogen-bond acceptors (Lipinski definition) is 5. The standard InChI is InChI=1S/C12H7BrFNO4S/c13-12-4-3-11(20-12)9(16)6-19-10-2-1-7(14)5-8(10)15(17)18/h1-5H,6H2. The molecule has 0 amide bonds. The molecule has 0 N–H and O–H groups in total. The summed E-state index contributed by atoms with van der Waals surface area (Å²) in [6, 6.07) is 6.26. The smallest absolute Gasteiger partial charge is 0.313 e. The molecule has 5 nitrogen and oxygen atoms in total. The van der Waals surface area contributed by atoms with Gasteiger partial charge in [-0.05, 0) is 40.2 Å². The van der Waals surface area contributed by atoms with Crippen molar-refractivity contribution in [3.05, 3.63) is 54.9 Å². The second-order valence-electron chi connectivity index (χ2n) is 3.68. The van der Waals surface area contributed by atoms with Gasteiger partial charge in [0.1, 0.15) is 5.82 Å². The lowest BCUT2D eigenvalue weighted by Crippen LogP contribution is -2.11. The third kappa shape index (κ3) is 3.40. The van der Waals surface area contributed by atoms with Crippen molar-refractivity contribution in [1.29, 1.82) is 0 Å². The first-order chi connectivity index (χ1) is 9.47. The van der Waals surface area contributed by atoms with Gasteiger partial charge < -0.3 is 4.74 Å². The van der Waals surface area contributed by atoms with E-state index in [-0.39, 0.29) is 18.1 Å². The third-order valence-corrected chi connectivity index (χ3v) is 3.99. The Bertz CT molecular complexity index is 673. The maximum Gasteiger partial charge on any atom is 0.313 e. The number of nitrogens with zero attached hydrogens (tertiary/aromatic N) is 1. The molecule has 1 heterocycles. The van der Waals surface area contributed by atoms with E-state index in [1.54, 1.807) is 12.1 Å². The molecule has 0 saturated heterocycles. The molecule has 0 radical (unpaired) electrons. The minimum Gasteiger partial charge on any atom is -0.478 e. The molecule has 1 aromatic heterocycles. The van der Waals surface area contributed by atoms with Crippen molar-refractivity contribution >= 4 is 38.7 Å². The monoisotopic (exact) mass is 359 g/mol. The number of halogens is 2. The van der Waals surface area contributed by atoms with E-state index in [1.165, 1.54) is 11.3 Å². The highest BCUT2D eigenvalue weighted by atomic mass is 79.9. The van der Waals surface area contributed by atoms with Crippen LogP contribution in [0.3, 0.4) is 0 Å². The molecule has 0 aliphatic rings. The average Bonchev–Trinajstić information content (AvgIpc) is 2.83. The third-order valence-electron chi connectivity index (χ3n) is 2.32. The molecule has 0 aliphatic carbocycles. The van der Waals surface area contributed by atoms with Gasteiger partial charge in [0.25, 0.3) is 0 Å². The summed E-state index contributed by atoms with van der Waals surface area (Å²) >= 11 is 4.47. The minimum atomic E-state index is -0.759. The molecule has 1 aromatic carbocycles. The van der Waals surface area contributed by atoms with Gasteiger partial charge in [0.05, 0.1) is 19.7 Å². The van der Waals surface area contributed by atoms with Gasteiger partial charge in [-0.25, -0.2) is 4.39 Å². The summed E-state index contributed by atoms with van der Waals surface area (Å²) in [4.78, 5) is 22.3. The molecule has 0 unspecified atom stereocenters.